The monoisotopic (exact) mass is 256 g/mol. The highest BCUT2D eigenvalue weighted by Gasteiger charge is 1.92. The van der Waals surface area contributed by atoms with Crippen molar-refractivity contribution in [2.75, 3.05) is 0 Å². The smallest absolute Gasteiger partial charge is 0.0575 e. The van der Waals surface area contributed by atoms with Crippen molar-refractivity contribution in [1.29, 1.82) is 0 Å². The van der Waals surface area contributed by atoms with Crippen LogP contribution in [0.1, 0.15) is 0 Å². The maximum absolute atomic E-state index is 3.80. The van der Waals surface area contributed by atoms with Crippen LogP contribution in [0.5, 0.6) is 0 Å². The van der Waals surface area contributed by atoms with Gasteiger partial charge in [0.25, 0.3) is 0 Å². The van der Waals surface area contributed by atoms with E-state index < -0.39 is 0 Å². The third-order valence-corrected chi connectivity index (χ3v) is 2.18. The second-order valence-electron chi connectivity index (χ2n) is 2.26. The van der Waals surface area contributed by atoms with Crippen LogP contribution in [-0.4, -0.2) is 10.2 Å². The lowest BCUT2D eigenvalue weighted by atomic mass is 10.2. The Kier molecular flexibility index (Phi) is 1.73. The van der Waals surface area contributed by atoms with E-state index in [1.165, 1.54) is 3.57 Å². The summed E-state index contributed by atoms with van der Waals surface area (Å²) in [5.74, 6) is 0. The first-order chi connectivity index (χ1) is 5.36. The summed E-state index contributed by atoms with van der Waals surface area (Å²) < 4.78 is 1.23. The summed E-state index contributed by atoms with van der Waals surface area (Å²) in [6.07, 6.45) is 3.54. The fourth-order valence-corrected chi connectivity index (χ4v) is 1.48. The Morgan fingerprint density at radius 3 is 2.55 bits per heavy atom. The number of nitrogens with zero attached hydrogens (tertiary/aromatic N) is 2. The molecule has 0 saturated heterocycles. The third-order valence-electron chi connectivity index (χ3n) is 1.51. The molecule has 0 atom stereocenters. The number of hydrogen-bond donors (Lipinski definition) is 0. The number of aromatic nitrogens is 2. The average molecular weight is 256 g/mol. The molecular weight excluding hydrogens is 251 g/mol. The van der Waals surface area contributed by atoms with E-state index in [-0.39, 0.29) is 0 Å². The molecule has 0 aliphatic rings. The van der Waals surface area contributed by atoms with E-state index in [1.807, 2.05) is 6.07 Å². The van der Waals surface area contributed by atoms with E-state index in [0.29, 0.717) is 0 Å². The largest absolute Gasteiger partial charge is 0.158 e. The van der Waals surface area contributed by atoms with Crippen molar-refractivity contribution in [3.8, 4) is 0 Å². The van der Waals surface area contributed by atoms with Crippen molar-refractivity contribution in [3.05, 3.63) is 34.2 Å². The van der Waals surface area contributed by atoms with E-state index >= 15 is 0 Å². The Hall–Kier alpha value is -0.710. The Morgan fingerprint density at radius 1 is 1.00 bits per heavy atom. The predicted molar refractivity (Wildman–Crippen MR) is 52.3 cm³/mol. The van der Waals surface area contributed by atoms with Crippen LogP contribution in [0.2, 0.25) is 0 Å². The highest BCUT2D eigenvalue weighted by Crippen LogP contribution is 2.14. The van der Waals surface area contributed by atoms with Gasteiger partial charge in [-0.15, -0.1) is 0 Å². The van der Waals surface area contributed by atoms with Crippen molar-refractivity contribution < 1.29 is 0 Å². The summed E-state index contributed by atoms with van der Waals surface area (Å²) in [5, 5.41) is 9.88. The van der Waals surface area contributed by atoms with Gasteiger partial charge < -0.3 is 0 Å². The number of rotatable bonds is 0. The van der Waals surface area contributed by atoms with E-state index in [1.54, 1.807) is 12.4 Å². The van der Waals surface area contributed by atoms with Crippen molar-refractivity contribution in [2.45, 2.75) is 0 Å². The van der Waals surface area contributed by atoms with Crippen molar-refractivity contribution in [2.24, 2.45) is 0 Å². The van der Waals surface area contributed by atoms with Gasteiger partial charge in [0, 0.05) is 14.3 Å². The van der Waals surface area contributed by atoms with Gasteiger partial charge in [0.1, 0.15) is 0 Å². The Balaban J connectivity index is 2.83. The lowest BCUT2D eigenvalue weighted by molar-refractivity contribution is 1.05. The number of halogens is 1. The number of hydrogen-bond acceptors (Lipinski definition) is 2. The second-order valence-corrected chi connectivity index (χ2v) is 3.51. The molecule has 0 aliphatic carbocycles. The minimum absolute atomic E-state index is 1.14. The highest BCUT2D eigenvalue weighted by atomic mass is 127. The minimum atomic E-state index is 1.14. The average Bonchev–Trinajstić information content (AvgIpc) is 2.04. The molecule has 0 spiro atoms. The number of fused-ring (bicyclic) bond motifs is 1. The van der Waals surface area contributed by atoms with Gasteiger partial charge in [0.2, 0.25) is 0 Å². The van der Waals surface area contributed by atoms with E-state index in [9.17, 15) is 0 Å². The molecular formula is C8H5IN2. The van der Waals surface area contributed by atoms with Crippen LogP contribution < -0.4 is 0 Å². The Morgan fingerprint density at radius 2 is 1.73 bits per heavy atom. The number of benzene rings is 1. The standard InChI is InChI=1S/C8H5IN2/c9-8-2-1-6-4-10-11-5-7(6)3-8/h1-5H. The molecule has 11 heavy (non-hydrogen) atoms. The predicted octanol–water partition coefficient (Wildman–Crippen LogP) is 2.23. The fraction of sp³-hybridized carbons (Fsp3) is 0. The van der Waals surface area contributed by atoms with E-state index in [2.05, 4.69) is 44.9 Å². The van der Waals surface area contributed by atoms with E-state index in [4.69, 9.17) is 0 Å². The van der Waals surface area contributed by atoms with Gasteiger partial charge in [-0.2, -0.15) is 10.2 Å². The molecule has 0 amide bonds. The minimum Gasteiger partial charge on any atom is -0.158 e. The van der Waals surface area contributed by atoms with Crippen molar-refractivity contribution >= 4 is 33.4 Å². The molecule has 2 nitrogen and oxygen atoms in total. The fourth-order valence-electron chi connectivity index (χ4n) is 0.966. The van der Waals surface area contributed by atoms with Gasteiger partial charge >= 0.3 is 0 Å². The summed E-state index contributed by atoms with van der Waals surface area (Å²) in [7, 11) is 0. The van der Waals surface area contributed by atoms with Gasteiger partial charge in [-0.25, -0.2) is 0 Å². The molecule has 0 N–H and O–H groups in total. The maximum Gasteiger partial charge on any atom is 0.0575 e. The van der Waals surface area contributed by atoms with Gasteiger partial charge in [0.05, 0.1) is 12.4 Å². The van der Waals surface area contributed by atoms with E-state index in [0.717, 1.165) is 10.8 Å². The van der Waals surface area contributed by atoms with Crippen LogP contribution in [0.25, 0.3) is 10.8 Å². The molecule has 2 aromatic rings. The summed E-state index contributed by atoms with van der Waals surface area (Å²) in [6.45, 7) is 0. The van der Waals surface area contributed by atoms with Gasteiger partial charge in [0.15, 0.2) is 0 Å². The zero-order valence-corrected chi connectivity index (χ0v) is 7.82. The summed E-state index contributed by atoms with van der Waals surface area (Å²) in [6, 6.07) is 6.20. The van der Waals surface area contributed by atoms with Crippen LogP contribution >= 0.6 is 22.6 Å². The highest BCUT2D eigenvalue weighted by molar-refractivity contribution is 14.1. The summed E-state index contributed by atoms with van der Waals surface area (Å²) in [5.41, 5.74) is 0. The first-order valence-electron chi connectivity index (χ1n) is 3.22. The van der Waals surface area contributed by atoms with Crippen LogP contribution in [0.4, 0.5) is 0 Å². The molecule has 2 rings (SSSR count). The first kappa shape index (κ1) is 6.97. The molecule has 3 heteroatoms. The maximum atomic E-state index is 3.80. The van der Waals surface area contributed by atoms with Gasteiger partial charge in [-0.1, -0.05) is 6.07 Å². The lowest BCUT2D eigenvalue weighted by Gasteiger charge is -1.94. The molecule has 1 heterocycles. The molecule has 0 radical (unpaired) electrons. The SMILES string of the molecule is Ic1ccc2cnncc2c1. The second kappa shape index (κ2) is 2.73. The topological polar surface area (TPSA) is 25.8 Å². The molecule has 1 aromatic heterocycles. The Labute approximate surface area is 77.8 Å². The van der Waals surface area contributed by atoms with Crippen molar-refractivity contribution in [1.82, 2.24) is 10.2 Å². The third kappa shape index (κ3) is 1.33. The van der Waals surface area contributed by atoms with Crippen LogP contribution in [0.15, 0.2) is 30.6 Å². The quantitative estimate of drug-likeness (QED) is 0.675. The normalized spacial score (nSPS) is 10.3. The molecule has 0 bridgehead atoms. The molecule has 0 saturated carbocycles. The zero-order valence-electron chi connectivity index (χ0n) is 5.66. The molecule has 0 aliphatic heterocycles. The summed E-state index contributed by atoms with van der Waals surface area (Å²) in [4.78, 5) is 0. The molecule has 1 aromatic carbocycles. The lowest BCUT2D eigenvalue weighted by Crippen LogP contribution is -1.80. The van der Waals surface area contributed by atoms with Crippen LogP contribution in [-0.2, 0) is 0 Å². The first-order valence-corrected chi connectivity index (χ1v) is 4.30. The van der Waals surface area contributed by atoms with Gasteiger partial charge in [-0.05, 0) is 34.7 Å². The molecule has 54 valence electrons. The van der Waals surface area contributed by atoms with Crippen LogP contribution in [0.3, 0.4) is 0 Å². The molecule has 0 fully saturated rings. The molecule has 0 unspecified atom stereocenters. The van der Waals surface area contributed by atoms with Crippen molar-refractivity contribution in [3.63, 3.8) is 0 Å². The van der Waals surface area contributed by atoms with Crippen LogP contribution in [0, 0.1) is 3.57 Å². The summed E-state index contributed by atoms with van der Waals surface area (Å²) >= 11 is 2.28. The van der Waals surface area contributed by atoms with Gasteiger partial charge in [-0.3, -0.25) is 0 Å². The Bertz CT molecular complexity index is 387. The zero-order chi connectivity index (χ0) is 7.68.